The molecule has 1 saturated heterocycles. The van der Waals surface area contributed by atoms with Crippen molar-refractivity contribution in [3.8, 4) is 0 Å². The van der Waals surface area contributed by atoms with Gasteiger partial charge in [0.15, 0.2) is 0 Å². The second kappa shape index (κ2) is 7.45. The van der Waals surface area contributed by atoms with Gasteiger partial charge in [0.1, 0.15) is 0 Å². The molecular weight excluding hydrogens is 320 g/mol. The van der Waals surface area contributed by atoms with Crippen LogP contribution < -0.4 is 0 Å². The van der Waals surface area contributed by atoms with Crippen LogP contribution in [0.1, 0.15) is 46.8 Å². The molecule has 2 unspecified atom stereocenters. The molecule has 0 aliphatic carbocycles. The number of hydrogen-bond donors (Lipinski definition) is 1. The molecule has 1 fully saturated rings. The van der Waals surface area contributed by atoms with E-state index in [0.29, 0.717) is 6.54 Å². The summed E-state index contributed by atoms with van der Waals surface area (Å²) in [7, 11) is 0. The number of thiophene rings is 1. The first-order valence-corrected chi connectivity index (χ1v) is 9.38. The molecule has 3 rings (SSSR count). The fourth-order valence-electron chi connectivity index (χ4n) is 3.33. The average Bonchev–Trinajstić information content (AvgIpc) is 3.06. The average molecular weight is 344 g/mol. The number of carbonyl (C=O) groups is 1. The monoisotopic (exact) mass is 344 g/mol. The quantitative estimate of drug-likeness (QED) is 0.894. The second-order valence-electron chi connectivity index (χ2n) is 6.49. The molecule has 1 aliphatic rings. The van der Waals surface area contributed by atoms with Gasteiger partial charge in [0, 0.05) is 22.5 Å². The predicted molar refractivity (Wildman–Crippen MR) is 96.4 cm³/mol. The Morgan fingerprint density at radius 2 is 2.25 bits per heavy atom. The lowest BCUT2D eigenvalue weighted by atomic mass is 9.95. The third-order valence-electron chi connectivity index (χ3n) is 4.68. The molecule has 2 aromatic rings. The highest BCUT2D eigenvalue weighted by Crippen LogP contribution is 2.35. The Hall–Kier alpha value is -1.72. The molecule has 24 heavy (non-hydrogen) atoms. The maximum absolute atomic E-state index is 11.5. The molecule has 0 radical (unpaired) electrons. The third kappa shape index (κ3) is 3.68. The van der Waals surface area contributed by atoms with E-state index in [4.69, 9.17) is 0 Å². The summed E-state index contributed by atoms with van der Waals surface area (Å²) in [5.74, 6) is -0.965. The lowest BCUT2D eigenvalue weighted by Gasteiger charge is -2.36. The zero-order valence-electron chi connectivity index (χ0n) is 14.2. The summed E-state index contributed by atoms with van der Waals surface area (Å²) in [6.07, 6.45) is 4.61. The Bertz CT molecular complexity index is 696. The van der Waals surface area contributed by atoms with E-state index in [9.17, 15) is 9.90 Å². The molecule has 1 aliphatic heterocycles. The number of rotatable bonds is 5. The van der Waals surface area contributed by atoms with Crippen molar-refractivity contribution in [2.45, 2.75) is 39.2 Å². The van der Waals surface area contributed by atoms with E-state index < -0.39 is 5.97 Å². The van der Waals surface area contributed by atoms with E-state index in [1.54, 1.807) is 0 Å². The third-order valence-corrected chi connectivity index (χ3v) is 5.96. The van der Waals surface area contributed by atoms with Gasteiger partial charge in [0.05, 0.1) is 17.7 Å². The van der Waals surface area contributed by atoms with Crippen molar-refractivity contribution < 1.29 is 9.90 Å². The van der Waals surface area contributed by atoms with Gasteiger partial charge in [-0.15, -0.1) is 11.3 Å². The maximum atomic E-state index is 11.5. The molecule has 3 heterocycles. The summed E-state index contributed by atoms with van der Waals surface area (Å²) in [5, 5.41) is 9.42. The minimum Gasteiger partial charge on any atom is -0.481 e. The Labute approximate surface area is 147 Å². The molecule has 2 aromatic heterocycles. The summed E-state index contributed by atoms with van der Waals surface area (Å²) >= 11 is 1.81. The SMILES string of the molecule is CCc1ccc(C(c2ccc(C)cn2)N2CCCC(C(=O)O)C2)s1. The van der Waals surface area contributed by atoms with Crippen molar-refractivity contribution in [1.82, 2.24) is 9.88 Å². The molecule has 4 nitrogen and oxygen atoms in total. The van der Waals surface area contributed by atoms with Crippen LogP contribution in [0.15, 0.2) is 30.5 Å². The number of aromatic nitrogens is 1. The van der Waals surface area contributed by atoms with Gasteiger partial charge >= 0.3 is 5.97 Å². The molecule has 5 heteroatoms. The second-order valence-corrected chi connectivity index (χ2v) is 7.69. The summed E-state index contributed by atoms with van der Waals surface area (Å²) in [6.45, 7) is 5.71. The fourth-order valence-corrected chi connectivity index (χ4v) is 4.43. The van der Waals surface area contributed by atoms with Crippen molar-refractivity contribution in [2.24, 2.45) is 5.92 Å². The lowest BCUT2D eigenvalue weighted by molar-refractivity contribution is -0.143. The summed E-state index contributed by atoms with van der Waals surface area (Å²) in [4.78, 5) is 21.0. The Morgan fingerprint density at radius 3 is 2.88 bits per heavy atom. The van der Waals surface area contributed by atoms with Gasteiger partial charge < -0.3 is 5.11 Å². The van der Waals surface area contributed by atoms with Gasteiger partial charge in [-0.1, -0.05) is 13.0 Å². The van der Waals surface area contributed by atoms with Gasteiger partial charge in [0.2, 0.25) is 0 Å². The number of piperidine rings is 1. The minimum absolute atomic E-state index is 0.0537. The maximum Gasteiger partial charge on any atom is 0.307 e. The molecule has 0 aromatic carbocycles. The van der Waals surface area contributed by atoms with Crippen molar-refractivity contribution in [2.75, 3.05) is 13.1 Å². The van der Waals surface area contributed by atoms with Gasteiger partial charge in [-0.25, -0.2) is 0 Å². The highest BCUT2D eigenvalue weighted by Gasteiger charge is 2.32. The van der Waals surface area contributed by atoms with E-state index in [1.807, 2.05) is 24.5 Å². The zero-order chi connectivity index (χ0) is 17.1. The predicted octanol–water partition coefficient (Wildman–Crippen LogP) is 3.90. The number of hydrogen-bond acceptors (Lipinski definition) is 4. The topological polar surface area (TPSA) is 53.4 Å². The first-order valence-electron chi connectivity index (χ1n) is 8.56. The highest BCUT2D eigenvalue weighted by atomic mass is 32.1. The number of aliphatic carboxylic acids is 1. The van der Waals surface area contributed by atoms with Crippen LogP contribution in [0.2, 0.25) is 0 Å². The molecule has 0 amide bonds. The smallest absolute Gasteiger partial charge is 0.307 e. The molecule has 0 bridgehead atoms. The first-order chi connectivity index (χ1) is 11.6. The number of carboxylic acids is 1. The molecule has 2 atom stereocenters. The van der Waals surface area contributed by atoms with Crippen molar-refractivity contribution in [1.29, 1.82) is 0 Å². The minimum atomic E-state index is -0.684. The molecule has 1 N–H and O–H groups in total. The molecule has 0 spiro atoms. The standard InChI is InChI=1S/C19H24N2O2S/c1-3-15-7-9-17(24-15)18(16-8-6-13(2)11-20-16)21-10-4-5-14(12-21)19(22)23/h6-9,11,14,18H,3-5,10,12H2,1-2H3,(H,22,23). The van der Waals surface area contributed by atoms with E-state index >= 15 is 0 Å². The summed E-state index contributed by atoms with van der Waals surface area (Å²) < 4.78 is 0. The van der Waals surface area contributed by atoms with Crippen LogP contribution in [0.5, 0.6) is 0 Å². The van der Waals surface area contributed by atoms with E-state index in [0.717, 1.165) is 37.1 Å². The van der Waals surface area contributed by atoms with Crippen LogP contribution in [0.25, 0.3) is 0 Å². The fraction of sp³-hybridized carbons (Fsp3) is 0.474. The van der Waals surface area contributed by atoms with Crippen LogP contribution in [0, 0.1) is 12.8 Å². The van der Waals surface area contributed by atoms with Crippen LogP contribution in [0.3, 0.4) is 0 Å². The van der Waals surface area contributed by atoms with Crippen molar-refractivity contribution in [3.05, 3.63) is 51.5 Å². The first kappa shape index (κ1) is 17.1. The van der Waals surface area contributed by atoms with Crippen LogP contribution in [0.4, 0.5) is 0 Å². The van der Waals surface area contributed by atoms with Crippen molar-refractivity contribution >= 4 is 17.3 Å². The number of aryl methyl sites for hydroxylation is 2. The van der Waals surface area contributed by atoms with Crippen LogP contribution in [-0.4, -0.2) is 34.0 Å². The van der Waals surface area contributed by atoms with E-state index in [2.05, 4.69) is 41.1 Å². The lowest BCUT2D eigenvalue weighted by Crippen LogP contribution is -2.41. The van der Waals surface area contributed by atoms with Crippen LogP contribution in [-0.2, 0) is 11.2 Å². The molecular formula is C19H24N2O2S. The van der Waals surface area contributed by atoms with E-state index in [1.165, 1.54) is 9.75 Å². The number of carboxylic acid groups (broad SMARTS) is 1. The van der Waals surface area contributed by atoms with Gasteiger partial charge in [-0.05, 0) is 56.5 Å². The van der Waals surface area contributed by atoms with Gasteiger partial charge in [-0.3, -0.25) is 14.7 Å². The Morgan fingerprint density at radius 1 is 1.42 bits per heavy atom. The zero-order valence-corrected chi connectivity index (χ0v) is 15.1. The summed E-state index contributed by atoms with van der Waals surface area (Å²) in [5.41, 5.74) is 2.15. The van der Waals surface area contributed by atoms with Gasteiger partial charge in [0.25, 0.3) is 0 Å². The number of likely N-dealkylation sites (tertiary alicyclic amines) is 1. The van der Waals surface area contributed by atoms with Crippen LogP contribution >= 0.6 is 11.3 Å². The largest absolute Gasteiger partial charge is 0.481 e. The normalized spacial score (nSPS) is 20.0. The highest BCUT2D eigenvalue weighted by molar-refractivity contribution is 7.12. The summed E-state index contributed by atoms with van der Waals surface area (Å²) in [6, 6.07) is 8.58. The molecule has 0 saturated carbocycles. The Balaban J connectivity index is 1.95. The number of nitrogens with zero attached hydrogens (tertiary/aromatic N) is 2. The number of pyridine rings is 1. The van der Waals surface area contributed by atoms with E-state index in [-0.39, 0.29) is 12.0 Å². The van der Waals surface area contributed by atoms with Gasteiger partial charge in [-0.2, -0.15) is 0 Å². The molecule has 128 valence electrons. The van der Waals surface area contributed by atoms with Crippen molar-refractivity contribution in [3.63, 3.8) is 0 Å². The Kier molecular flexibility index (Phi) is 5.31.